The minimum atomic E-state index is -2.28. The molecule has 1 rings (SSSR count). The Hall–Kier alpha value is -0.730. The molecule has 1 aromatic heterocycles. The molecule has 3 nitrogen and oxygen atoms in total. The van der Waals surface area contributed by atoms with Crippen molar-refractivity contribution in [2.45, 2.75) is 17.7 Å². The Morgan fingerprint density at radius 1 is 1.53 bits per heavy atom. The number of thiazole rings is 1. The van der Waals surface area contributed by atoms with E-state index in [0.717, 1.165) is 11.8 Å². The van der Waals surface area contributed by atoms with Crippen molar-refractivity contribution < 1.29 is 18.0 Å². The molecule has 106 valence electrons. The van der Waals surface area contributed by atoms with E-state index in [1.54, 1.807) is 6.92 Å². The molecule has 1 heterocycles. The second kappa shape index (κ2) is 8.44. The van der Waals surface area contributed by atoms with Crippen LogP contribution in [0.4, 0.5) is 13.2 Å². The molecule has 0 spiro atoms. The highest BCUT2D eigenvalue weighted by atomic mass is 35.5. The van der Waals surface area contributed by atoms with Crippen molar-refractivity contribution in [1.82, 2.24) is 4.98 Å². The van der Waals surface area contributed by atoms with Crippen LogP contribution in [0.1, 0.15) is 19.0 Å². The second-order valence-electron chi connectivity index (χ2n) is 3.05. The lowest BCUT2D eigenvalue weighted by Gasteiger charge is -1.94. The summed E-state index contributed by atoms with van der Waals surface area (Å²) in [6.45, 7) is 2.22. The average molecular weight is 331 g/mol. The Kier molecular flexibility index (Phi) is 7.25. The van der Waals surface area contributed by atoms with Crippen molar-refractivity contribution in [3.05, 3.63) is 21.9 Å². The van der Waals surface area contributed by atoms with Crippen molar-refractivity contribution in [3.8, 4) is 0 Å². The first kappa shape index (κ1) is 16.3. The molecule has 0 saturated heterocycles. The number of rotatable bonds is 7. The third-order valence-electron chi connectivity index (χ3n) is 1.72. The van der Waals surface area contributed by atoms with Gasteiger partial charge >= 0.3 is 6.08 Å². The third kappa shape index (κ3) is 5.84. The van der Waals surface area contributed by atoms with Gasteiger partial charge in [-0.2, -0.15) is 8.78 Å². The zero-order valence-corrected chi connectivity index (χ0v) is 12.2. The van der Waals surface area contributed by atoms with E-state index < -0.39 is 11.9 Å². The summed E-state index contributed by atoms with van der Waals surface area (Å²) < 4.78 is 37.2. The molecule has 0 unspecified atom stereocenters. The molecule has 0 radical (unpaired) electrons. The molecule has 9 heteroatoms. The third-order valence-corrected chi connectivity index (χ3v) is 4.15. The standard InChI is InChI=1S/C10H10ClF3N2OS2/c1-2-17-15-5-7-8(11)19-10(16-7)18-4-3-6(12)9(13)14/h5H,2-4H2,1H3/b15-5+. The van der Waals surface area contributed by atoms with Crippen LogP contribution < -0.4 is 0 Å². The van der Waals surface area contributed by atoms with Crippen LogP contribution in [0.5, 0.6) is 0 Å². The highest BCUT2D eigenvalue weighted by Crippen LogP contribution is 2.31. The quantitative estimate of drug-likeness (QED) is 0.412. The van der Waals surface area contributed by atoms with Gasteiger partial charge in [0.05, 0.1) is 6.21 Å². The second-order valence-corrected chi connectivity index (χ2v) is 6.00. The topological polar surface area (TPSA) is 34.5 Å². The summed E-state index contributed by atoms with van der Waals surface area (Å²) >= 11 is 8.24. The van der Waals surface area contributed by atoms with Gasteiger partial charge in [-0.3, -0.25) is 0 Å². The summed E-state index contributed by atoms with van der Waals surface area (Å²) in [6, 6.07) is 0. The van der Waals surface area contributed by atoms with E-state index in [9.17, 15) is 13.2 Å². The molecule has 0 N–H and O–H groups in total. The van der Waals surface area contributed by atoms with Crippen molar-refractivity contribution in [2.24, 2.45) is 5.16 Å². The number of allylic oxidation sites excluding steroid dienone is 1. The largest absolute Gasteiger partial charge is 0.396 e. The Morgan fingerprint density at radius 3 is 2.89 bits per heavy atom. The first-order valence-electron chi connectivity index (χ1n) is 5.18. The molecule has 0 aromatic carbocycles. The molecular weight excluding hydrogens is 321 g/mol. The normalized spacial score (nSPS) is 11.0. The fourth-order valence-corrected chi connectivity index (χ4v) is 3.22. The van der Waals surface area contributed by atoms with Crippen molar-refractivity contribution >= 4 is 40.9 Å². The van der Waals surface area contributed by atoms with E-state index in [-0.39, 0.29) is 12.2 Å². The number of hydrogen-bond donors (Lipinski definition) is 0. The van der Waals surface area contributed by atoms with Crippen molar-refractivity contribution in [2.75, 3.05) is 12.4 Å². The molecule has 0 fully saturated rings. The van der Waals surface area contributed by atoms with E-state index >= 15 is 0 Å². The average Bonchev–Trinajstić information content (AvgIpc) is 2.70. The van der Waals surface area contributed by atoms with Crippen LogP contribution in [0.2, 0.25) is 4.34 Å². The van der Waals surface area contributed by atoms with E-state index in [0.29, 0.717) is 21.0 Å². The lowest BCUT2D eigenvalue weighted by molar-refractivity contribution is 0.160. The summed E-state index contributed by atoms with van der Waals surface area (Å²) in [6.07, 6.45) is -1.25. The number of hydrogen-bond acceptors (Lipinski definition) is 5. The van der Waals surface area contributed by atoms with E-state index in [2.05, 4.69) is 10.1 Å². The minimum Gasteiger partial charge on any atom is -0.396 e. The molecule has 0 saturated carbocycles. The molecular formula is C10H10ClF3N2OS2. The molecule has 0 atom stereocenters. The predicted octanol–water partition coefficient (Wildman–Crippen LogP) is 4.73. The number of aromatic nitrogens is 1. The van der Waals surface area contributed by atoms with Gasteiger partial charge in [0, 0.05) is 12.2 Å². The molecule has 0 aliphatic heterocycles. The molecule has 1 aromatic rings. The minimum absolute atomic E-state index is 0.162. The van der Waals surface area contributed by atoms with Crippen molar-refractivity contribution in [1.29, 1.82) is 0 Å². The summed E-state index contributed by atoms with van der Waals surface area (Å²) in [5.74, 6) is -1.23. The van der Waals surface area contributed by atoms with Gasteiger partial charge in [0.2, 0.25) is 0 Å². The van der Waals surface area contributed by atoms with Crippen LogP contribution in [-0.4, -0.2) is 23.6 Å². The van der Waals surface area contributed by atoms with Crippen LogP contribution in [0.25, 0.3) is 0 Å². The van der Waals surface area contributed by atoms with Crippen LogP contribution in [0, 0.1) is 0 Å². The van der Waals surface area contributed by atoms with Gasteiger partial charge in [-0.1, -0.05) is 39.9 Å². The van der Waals surface area contributed by atoms with E-state index in [4.69, 9.17) is 16.4 Å². The first-order chi connectivity index (χ1) is 9.04. The lowest BCUT2D eigenvalue weighted by Crippen LogP contribution is -1.86. The Balaban J connectivity index is 2.52. The van der Waals surface area contributed by atoms with Gasteiger partial charge in [0.25, 0.3) is 0 Å². The van der Waals surface area contributed by atoms with Crippen LogP contribution in [0.3, 0.4) is 0 Å². The molecule has 0 amide bonds. The van der Waals surface area contributed by atoms with Gasteiger partial charge in [-0.15, -0.1) is 0 Å². The Labute approximate surface area is 121 Å². The number of thioether (sulfide) groups is 1. The maximum absolute atomic E-state index is 12.6. The van der Waals surface area contributed by atoms with Crippen LogP contribution in [-0.2, 0) is 4.84 Å². The number of oxime groups is 1. The predicted molar refractivity (Wildman–Crippen MR) is 72.0 cm³/mol. The van der Waals surface area contributed by atoms with Crippen LogP contribution in [0.15, 0.2) is 21.4 Å². The Morgan fingerprint density at radius 2 is 2.26 bits per heavy atom. The zero-order chi connectivity index (χ0) is 14.3. The zero-order valence-electron chi connectivity index (χ0n) is 9.83. The van der Waals surface area contributed by atoms with Crippen LogP contribution >= 0.6 is 34.7 Å². The molecule has 19 heavy (non-hydrogen) atoms. The first-order valence-corrected chi connectivity index (χ1v) is 7.36. The maximum Gasteiger partial charge on any atom is 0.301 e. The maximum atomic E-state index is 12.6. The highest BCUT2D eigenvalue weighted by Gasteiger charge is 2.10. The smallest absolute Gasteiger partial charge is 0.301 e. The SMILES string of the molecule is CCO/N=C/c1nc(SCCC(F)=C(F)F)sc1Cl. The lowest BCUT2D eigenvalue weighted by atomic mass is 10.4. The fraction of sp³-hybridized carbons (Fsp3) is 0.400. The molecule has 0 bridgehead atoms. The summed E-state index contributed by atoms with van der Waals surface area (Å²) in [5, 5.41) is 3.62. The Bertz CT molecular complexity index is 475. The molecule has 0 aliphatic carbocycles. The fourth-order valence-electron chi connectivity index (χ4n) is 0.920. The van der Waals surface area contributed by atoms with Crippen molar-refractivity contribution in [3.63, 3.8) is 0 Å². The summed E-state index contributed by atoms with van der Waals surface area (Å²) in [7, 11) is 0. The van der Waals surface area contributed by atoms with Gasteiger partial charge in [0.1, 0.15) is 16.6 Å². The van der Waals surface area contributed by atoms with Gasteiger partial charge in [0.15, 0.2) is 10.2 Å². The summed E-state index contributed by atoms with van der Waals surface area (Å²) in [5.41, 5.74) is 0.440. The van der Waals surface area contributed by atoms with Gasteiger partial charge in [-0.05, 0) is 6.92 Å². The summed E-state index contributed by atoms with van der Waals surface area (Å²) in [4.78, 5) is 8.89. The molecule has 0 aliphatic rings. The highest BCUT2D eigenvalue weighted by molar-refractivity contribution is 8.01. The monoisotopic (exact) mass is 330 g/mol. The number of halogens is 4. The van der Waals surface area contributed by atoms with Gasteiger partial charge in [-0.25, -0.2) is 9.37 Å². The van der Waals surface area contributed by atoms with E-state index in [1.807, 2.05) is 0 Å². The van der Waals surface area contributed by atoms with Gasteiger partial charge < -0.3 is 4.84 Å². The van der Waals surface area contributed by atoms with E-state index in [1.165, 1.54) is 17.6 Å². The number of nitrogens with zero attached hydrogens (tertiary/aromatic N) is 2.